The number of nitrogen functional groups attached to an aromatic ring is 2. The number of aliphatic carboxylic acids is 1. The SMILES string of the molecule is CCCC(=O)O.CCCC(=O)SCCNC(=O)CCNC(=O)C(O)C(C)(C)COP(=O)([O-])OP(=O)([O-])OCC1OC(n2cnc3c(N)ncnc32)C(O)C1OP(=O)([O-])[O-].CCNC(=O)CCNC(=O)C(O)C(C)(C)COP(=O)([O-])OP(=O)([O-])OCC1OC(n2cnc3c(N)ncnc32)C(O)C1OP(=O)([O-])[O-]. The maximum atomic E-state index is 12.5. The van der Waals surface area contributed by atoms with E-state index in [0.717, 1.165) is 52.6 Å². The molecule has 0 spiro atoms. The number of aromatic nitrogens is 8. The topological polar surface area (TPSA) is 770 Å². The minimum absolute atomic E-state index is 0.00220. The molecular weight excluding hydrogens is 1570 g/mol. The second-order valence-corrected chi connectivity index (χ2v) is 33.0. The maximum Gasteiger partial charge on any atom is 0.303 e. The number of carboxylic acids is 1. The van der Waals surface area contributed by atoms with E-state index in [1.807, 2.05) is 13.8 Å². The molecule has 602 valence electrons. The Morgan fingerprint density at radius 2 is 0.943 bits per heavy atom. The van der Waals surface area contributed by atoms with E-state index >= 15 is 0 Å². The van der Waals surface area contributed by atoms with Gasteiger partial charge in [-0.3, -0.25) is 56.2 Å². The molecule has 4 amide bonds. The summed E-state index contributed by atoms with van der Waals surface area (Å²) in [6.07, 6.45) is -12.8. The number of fused-ring (bicyclic) bond motifs is 2. The van der Waals surface area contributed by atoms with Gasteiger partial charge in [-0.2, -0.15) is 0 Å². The number of thioether (sulfide) groups is 1. The number of carboxylic acid groups (broad SMARTS) is 1. The first kappa shape index (κ1) is 93.0. The molecule has 2 aliphatic heterocycles. The van der Waals surface area contributed by atoms with Crippen LogP contribution in [-0.2, 0) is 101 Å². The fraction of sp³-hybridized carbons (Fsp3) is 0.680. The lowest BCUT2D eigenvalue weighted by molar-refractivity contribution is -0.348. The first-order valence-electron chi connectivity index (χ1n) is 31.0. The van der Waals surface area contributed by atoms with Gasteiger partial charge in [-0.15, -0.1) is 0 Å². The number of nitrogens with zero attached hydrogens (tertiary/aromatic N) is 8. The fourth-order valence-electron chi connectivity index (χ4n) is 8.88. The Bertz CT molecular complexity index is 3950. The molecule has 6 rings (SSSR count). The second-order valence-electron chi connectivity index (χ2n) is 23.7. The highest BCUT2D eigenvalue weighted by atomic mass is 32.2. The number of carbonyl (C=O) groups excluding carboxylic acids is 5. The number of rotatable bonds is 40. The number of nitrogens with one attached hydrogen (secondary N) is 4. The molecule has 14 atom stereocenters. The number of anilines is 2. The van der Waals surface area contributed by atoms with Crippen molar-refractivity contribution in [2.75, 3.05) is 69.8 Å². The van der Waals surface area contributed by atoms with Gasteiger partial charge in [-0.25, -0.2) is 38.5 Å². The van der Waals surface area contributed by atoms with E-state index in [1.165, 1.54) is 27.7 Å². The molecule has 0 aliphatic carbocycles. The molecule has 2 aliphatic rings. The zero-order valence-corrected chi connectivity index (χ0v) is 63.2. The minimum Gasteiger partial charge on any atom is -0.790 e. The minimum atomic E-state index is -5.90. The molecule has 56 heteroatoms. The number of aliphatic hydroxyl groups excluding tert-OH is 4. The largest absolute Gasteiger partial charge is 0.790 e. The van der Waals surface area contributed by atoms with E-state index in [2.05, 4.69) is 86.9 Å². The Hall–Kier alpha value is -5.43. The number of phosphoric ester groups is 6. The van der Waals surface area contributed by atoms with Crippen LogP contribution in [0.25, 0.3) is 22.3 Å². The number of phosphoric acid groups is 6. The van der Waals surface area contributed by atoms with E-state index in [9.17, 15) is 116 Å². The van der Waals surface area contributed by atoms with Crippen molar-refractivity contribution >= 4 is 127 Å². The van der Waals surface area contributed by atoms with Crippen LogP contribution in [0.2, 0.25) is 0 Å². The van der Waals surface area contributed by atoms with Crippen molar-refractivity contribution in [3.05, 3.63) is 25.3 Å². The number of imidazole rings is 2. The van der Waals surface area contributed by atoms with Crippen LogP contribution in [0.1, 0.15) is 99.4 Å². The van der Waals surface area contributed by atoms with Crippen LogP contribution in [0, 0.1) is 10.8 Å². The van der Waals surface area contributed by atoms with Gasteiger partial charge < -0.3 is 143 Å². The molecule has 0 aromatic carbocycles. The van der Waals surface area contributed by atoms with Crippen LogP contribution < -0.4 is 71.9 Å². The van der Waals surface area contributed by atoms with Crippen LogP contribution in [0.3, 0.4) is 0 Å². The molecule has 4 aromatic heterocycles. The Kier molecular flexibility index (Phi) is 35.5. The highest BCUT2D eigenvalue weighted by molar-refractivity contribution is 8.13. The molecule has 4 aromatic rings. The maximum absolute atomic E-state index is 12.5. The summed E-state index contributed by atoms with van der Waals surface area (Å²) < 4.78 is 120. The quantitative estimate of drug-likeness (QED) is 0.0146. The van der Waals surface area contributed by atoms with Crippen LogP contribution in [0.4, 0.5) is 11.6 Å². The van der Waals surface area contributed by atoms with Gasteiger partial charge in [0.1, 0.15) is 72.5 Å². The number of hydrogen-bond donors (Lipinski definition) is 11. The molecule has 2 saturated heterocycles. The summed E-state index contributed by atoms with van der Waals surface area (Å²) in [5, 5.41) is 59.9. The lowest BCUT2D eigenvalue weighted by Gasteiger charge is -2.36. The zero-order valence-electron chi connectivity index (χ0n) is 57.0. The molecule has 6 heterocycles. The van der Waals surface area contributed by atoms with Gasteiger partial charge in [0, 0.05) is 68.4 Å². The number of hydrogen-bond acceptors (Lipinski definition) is 43. The van der Waals surface area contributed by atoms with E-state index in [-0.39, 0.29) is 77.5 Å². The monoisotopic (exact) mass is 1650 g/mol. The van der Waals surface area contributed by atoms with Crippen molar-refractivity contribution in [3.8, 4) is 0 Å². The molecular formula is C50H78N14O35P6S-8. The van der Waals surface area contributed by atoms with Gasteiger partial charge in [0.05, 0.1) is 54.7 Å². The highest BCUT2D eigenvalue weighted by Crippen LogP contribution is 2.58. The number of carbonyl (C=O) groups is 6. The van der Waals surface area contributed by atoms with E-state index in [1.54, 1.807) is 6.92 Å². The van der Waals surface area contributed by atoms with Crippen LogP contribution >= 0.6 is 58.7 Å². The summed E-state index contributed by atoms with van der Waals surface area (Å²) in [6, 6.07) is 0. The predicted octanol–water partition coefficient (Wildman–Crippen LogP) is -6.30. The third-order valence-corrected chi connectivity index (χ3v) is 21.0. The van der Waals surface area contributed by atoms with Crippen LogP contribution in [0.5, 0.6) is 0 Å². The average Bonchev–Trinajstić information content (AvgIpc) is 1.62. The third kappa shape index (κ3) is 30.1. The fourth-order valence-corrected chi connectivity index (χ4v) is 15.1. The Balaban J connectivity index is 0.000000418. The normalized spacial score (nSPS) is 22.0. The van der Waals surface area contributed by atoms with Gasteiger partial charge >= 0.3 is 5.97 Å². The van der Waals surface area contributed by atoms with Gasteiger partial charge in [-0.1, -0.05) is 53.3 Å². The molecule has 0 saturated carbocycles. The lowest BCUT2D eigenvalue weighted by Crippen LogP contribution is -2.46. The number of amides is 4. The number of ether oxygens (including phenoxy) is 2. The summed E-state index contributed by atoms with van der Waals surface area (Å²) in [5.41, 5.74) is 8.19. The van der Waals surface area contributed by atoms with Gasteiger partial charge in [0.15, 0.2) is 40.5 Å². The number of nitrogens with two attached hydrogens (primary N) is 2. The summed E-state index contributed by atoms with van der Waals surface area (Å²) in [5.74, 6) is -3.28. The highest BCUT2D eigenvalue weighted by Gasteiger charge is 2.49. The van der Waals surface area contributed by atoms with Crippen molar-refractivity contribution in [1.29, 1.82) is 0 Å². The van der Waals surface area contributed by atoms with Gasteiger partial charge in [0.2, 0.25) is 23.6 Å². The van der Waals surface area contributed by atoms with E-state index in [0.29, 0.717) is 31.6 Å². The summed E-state index contributed by atoms with van der Waals surface area (Å²) >= 11 is 1.08. The lowest BCUT2D eigenvalue weighted by atomic mass is 9.87. The Morgan fingerprint density at radius 1 is 0.566 bits per heavy atom. The van der Waals surface area contributed by atoms with Crippen molar-refractivity contribution in [3.63, 3.8) is 0 Å². The Labute approximate surface area is 605 Å². The van der Waals surface area contributed by atoms with Crippen molar-refractivity contribution in [2.24, 2.45) is 10.8 Å². The molecule has 49 nitrogen and oxygen atoms in total. The first-order valence-corrected chi connectivity index (χ1v) is 40.8. The molecule has 14 unspecified atom stereocenters. The van der Waals surface area contributed by atoms with Crippen LogP contribution in [0.15, 0.2) is 25.3 Å². The third-order valence-electron chi connectivity index (χ3n) is 14.1. The second kappa shape index (κ2) is 40.5. The van der Waals surface area contributed by atoms with Crippen molar-refractivity contribution in [1.82, 2.24) is 60.3 Å². The summed E-state index contributed by atoms with van der Waals surface area (Å²) in [4.78, 5) is 188. The van der Waals surface area contributed by atoms with Gasteiger partial charge in [-0.05, 0) is 19.8 Å². The molecule has 0 bridgehead atoms. The van der Waals surface area contributed by atoms with Crippen molar-refractivity contribution in [2.45, 2.75) is 148 Å². The summed E-state index contributed by atoms with van der Waals surface area (Å²) in [7, 11) is -35.0. The zero-order chi connectivity index (χ0) is 80.1. The molecule has 106 heavy (non-hydrogen) atoms. The van der Waals surface area contributed by atoms with Gasteiger partial charge in [0.25, 0.3) is 31.3 Å². The number of aliphatic hydroxyl groups is 4. The molecule has 13 N–H and O–H groups in total. The standard InChI is InChI=1S/C25H42N7O17P3S.C21H36N7O16P3.C4H8O2/c1-4-5-16(34)53-9-8-27-15(33)6-7-28-23(37)20(36)25(2,3)11-46-52(43,44)49-51(41,42)45-10-14-19(48-50(38,39)40)18(35)24(47-14)32-13-31-17-21(26)29-12-30-22(17)32;1-4-23-12(29)5-6-24-19(32)16(31)21(2,3)8-41-47(38,39)44-46(36,37)40-7-11-15(43-45(33,34)35)14(30)20(42-11)28-10-27-13-17(22)25-9-26-18(13)28;1-2-3-4(5)6/h12-14,18-20,24,35-36H,4-11H2,1-3H3,(H,27,33)(H,28,37)(H,41,42)(H,43,44)(H2,26,29,30)(H2,38,39,40);9-11,14-16,20,30-31H,4-8H2,1-3H3,(H,23,29)(H,24,32)(H,36,37)(H,38,39)(H2,22,25,26)(H2,33,34,35);2-3H2,1H3,(H,5,6)/p-8. The van der Waals surface area contributed by atoms with E-state index in [4.69, 9.17) is 26.0 Å². The average molecular weight is 1650 g/mol. The first-order chi connectivity index (χ1) is 49.0. The molecule has 2 fully saturated rings. The van der Waals surface area contributed by atoms with E-state index < -0.39 is 169 Å². The molecule has 0 radical (unpaired) electrons. The summed E-state index contributed by atoms with van der Waals surface area (Å²) in [6.45, 7) is 5.97. The predicted molar refractivity (Wildman–Crippen MR) is 342 cm³/mol. The van der Waals surface area contributed by atoms with Crippen LogP contribution in [-0.4, -0.2) is 206 Å². The Morgan fingerprint density at radius 3 is 1.29 bits per heavy atom. The smallest absolute Gasteiger partial charge is 0.303 e. The van der Waals surface area contributed by atoms with Crippen molar-refractivity contribution < 1.29 is 166 Å².